The monoisotopic (exact) mass is 327 g/mol. The van der Waals surface area contributed by atoms with Crippen LogP contribution in [0.2, 0.25) is 0 Å². The van der Waals surface area contributed by atoms with Gasteiger partial charge in [0.15, 0.2) is 0 Å². The molecule has 0 aliphatic heterocycles. The average molecular weight is 327 g/mol. The fraction of sp³-hybridized carbons (Fsp3) is 0.368. The number of benzene rings is 1. The standard InChI is InChI=1S/C19H22FN3O/c20-16-6-4-15(5-7-16)13-23(14-19(24)22-18-8-9-18)12-10-17-3-1-2-11-21-17/h1-7,11,18H,8-10,12-14H2,(H,22,24). The highest BCUT2D eigenvalue weighted by molar-refractivity contribution is 5.78. The molecule has 126 valence electrons. The maximum atomic E-state index is 13.1. The number of aromatic nitrogens is 1. The zero-order chi connectivity index (χ0) is 16.8. The van der Waals surface area contributed by atoms with Gasteiger partial charge in [0.05, 0.1) is 6.54 Å². The summed E-state index contributed by atoms with van der Waals surface area (Å²) in [6.07, 6.45) is 4.72. The molecular formula is C19H22FN3O. The molecule has 1 heterocycles. The number of carbonyl (C=O) groups is 1. The summed E-state index contributed by atoms with van der Waals surface area (Å²) < 4.78 is 13.1. The molecule has 1 saturated carbocycles. The number of hydrogen-bond acceptors (Lipinski definition) is 3. The molecule has 1 aliphatic rings. The Labute approximate surface area is 141 Å². The molecule has 2 aromatic rings. The van der Waals surface area contributed by atoms with E-state index in [1.807, 2.05) is 18.2 Å². The third kappa shape index (κ3) is 5.42. The topological polar surface area (TPSA) is 45.2 Å². The molecule has 1 fully saturated rings. The Kier molecular flexibility index (Phi) is 5.54. The Bertz CT molecular complexity index is 656. The van der Waals surface area contributed by atoms with Gasteiger partial charge in [0, 0.05) is 37.4 Å². The molecule has 1 aromatic heterocycles. The van der Waals surface area contributed by atoms with Gasteiger partial charge in [-0.2, -0.15) is 0 Å². The van der Waals surface area contributed by atoms with Crippen LogP contribution >= 0.6 is 0 Å². The molecular weight excluding hydrogens is 305 g/mol. The summed E-state index contributed by atoms with van der Waals surface area (Å²) in [5.74, 6) is -0.189. The molecule has 0 unspecified atom stereocenters. The van der Waals surface area contributed by atoms with E-state index in [9.17, 15) is 9.18 Å². The third-order valence-electron chi connectivity index (χ3n) is 4.04. The molecule has 1 N–H and O–H groups in total. The number of hydrogen-bond donors (Lipinski definition) is 1. The number of pyridine rings is 1. The van der Waals surface area contributed by atoms with Gasteiger partial charge in [-0.3, -0.25) is 14.7 Å². The van der Waals surface area contributed by atoms with E-state index in [4.69, 9.17) is 0 Å². The second kappa shape index (κ2) is 8.02. The Hall–Kier alpha value is -2.27. The van der Waals surface area contributed by atoms with Gasteiger partial charge in [0.25, 0.3) is 0 Å². The molecule has 1 aromatic carbocycles. The summed E-state index contributed by atoms with van der Waals surface area (Å²) in [4.78, 5) is 18.5. The smallest absolute Gasteiger partial charge is 0.234 e. The summed E-state index contributed by atoms with van der Waals surface area (Å²) in [6, 6.07) is 12.6. The molecule has 0 saturated heterocycles. The van der Waals surface area contributed by atoms with Gasteiger partial charge in [-0.15, -0.1) is 0 Å². The summed E-state index contributed by atoms with van der Waals surface area (Å²) in [5, 5.41) is 3.02. The van der Waals surface area contributed by atoms with Crippen molar-refractivity contribution in [3.63, 3.8) is 0 Å². The zero-order valence-corrected chi connectivity index (χ0v) is 13.6. The number of carbonyl (C=O) groups excluding carboxylic acids is 1. The van der Waals surface area contributed by atoms with Crippen molar-refractivity contribution in [1.82, 2.24) is 15.2 Å². The van der Waals surface area contributed by atoms with Crippen LogP contribution in [0.4, 0.5) is 4.39 Å². The Morgan fingerprint density at radius 2 is 2.00 bits per heavy atom. The lowest BCUT2D eigenvalue weighted by Crippen LogP contribution is -2.38. The molecule has 1 aliphatic carbocycles. The maximum absolute atomic E-state index is 13.1. The van der Waals surface area contributed by atoms with Crippen molar-refractivity contribution in [3.05, 3.63) is 65.7 Å². The first-order chi connectivity index (χ1) is 11.7. The molecule has 0 radical (unpaired) electrons. The fourth-order valence-corrected chi connectivity index (χ4v) is 2.58. The van der Waals surface area contributed by atoms with Crippen LogP contribution in [0.5, 0.6) is 0 Å². The summed E-state index contributed by atoms with van der Waals surface area (Å²) in [7, 11) is 0. The highest BCUT2D eigenvalue weighted by atomic mass is 19.1. The van der Waals surface area contributed by atoms with Crippen molar-refractivity contribution in [2.24, 2.45) is 0 Å². The van der Waals surface area contributed by atoms with Crippen LogP contribution in [-0.4, -0.2) is 34.9 Å². The van der Waals surface area contributed by atoms with Crippen LogP contribution < -0.4 is 5.32 Å². The van der Waals surface area contributed by atoms with E-state index in [2.05, 4.69) is 15.2 Å². The SMILES string of the molecule is O=C(CN(CCc1ccccn1)Cc1ccc(F)cc1)NC1CC1. The maximum Gasteiger partial charge on any atom is 0.234 e. The van der Waals surface area contributed by atoms with Crippen LogP contribution in [0, 0.1) is 5.82 Å². The molecule has 5 heteroatoms. The predicted molar refractivity (Wildman–Crippen MR) is 90.8 cm³/mol. The number of amides is 1. The van der Waals surface area contributed by atoms with E-state index in [0.29, 0.717) is 19.1 Å². The van der Waals surface area contributed by atoms with Crippen molar-refractivity contribution >= 4 is 5.91 Å². The summed E-state index contributed by atoms with van der Waals surface area (Å²) in [6.45, 7) is 1.69. The van der Waals surface area contributed by atoms with Gasteiger partial charge in [-0.25, -0.2) is 4.39 Å². The second-order valence-corrected chi connectivity index (χ2v) is 6.25. The number of nitrogens with one attached hydrogen (secondary N) is 1. The Morgan fingerprint density at radius 1 is 1.21 bits per heavy atom. The van der Waals surface area contributed by atoms with Gasteiger partial charge >= 0.3 is 0 Å². The van der Waals surface area contributed by atoms with E-state index in [1.165, 1.54) is 12.1 Å². The minimum atomic E-state index is -0.245. The Balaban J connectivity index is 1.60. The highest BCUT2D eigenvalue weighted by Gasteiger charge is 2.24. The first-order valence-electron chi connectivity index (χ1n) is 8.35. The van der Waals surface area contributed by atoms with Crippen molar-refractivity contribution in [2.75, 3.05) is 13.1 Å². The van der Waals surface area contributed by atoms with Crippen molar-refractivity contribution in [1.29, 1.82) is 0 Å². The van der Waals surface area contributed by atoms with Crippen molar-refractivity contribution < 1.29 is 9.18 Å². The molecule has 0 atom stereocenters. The molecule has 0 bridgehead atoms. The van der Waals surface area contributed by atoms with Gasteiger partial charge < -0.3 is 5.32 Å². The highest BCUT2D eigenvalue weighted by Crippen LogP contribution is 2.18. The van der Waals surface area contributed by atoms with Gasteiger partial charge in [0.2, 0.25) is 5.91 Å². The van der Waals surface area contributed by atoms with E-state index in [-0.39, 0.29) is 11.7 Å². The van der Waals surface area contributed by atoms with Crippen LogP contribution in [-0.2, 0) is 17.8 Å². The molecule has 24 heavy (non-hydrogen) atoms. The van der Waals surface area contributed by atoms with Gasteiger partial charge in [-0.1, -0.05) is 18.2 Å². The predicted octanol–water partition coefficient (Wildman–Crippen LogP) is 2.54. The van der Waals surface area contributed by atoms with E-state index in [1.54, 1.807) is 18.3 Å². The van der Waals surface area contributed by atoms with Crippen molar-refractivity contribution in [3.8, 4) is 0 Å². The molecule has 4 nitrogen and oxygen atoms in total. The first-order valence-corrected chi connectivity index (χ1v) is 8.35. The lowest BCUT2D eigenvalue weighted by Gasteiger charge is -2.22. The third-order valence-corrected chi connectivity index (χ3v) is 4.04. The van der Waals surface area contributed by atoms with Crippen LogP contribution in [0.3, 0.4) is 0 Å². The minimum Gasteiger partial charge on any atom is -0.352 e. The lowest BCUT2D eigenvalue weighted by molar-refractivity contribution is -0.122. The van der Waals surface area contributed by atoms with Crippen molar-refractivity contribution in [2.45, 2.75) is 31.8 Å². The molecule has 3 rings (SSSR count). The fourth-order valence-electron chi connectivity index (χ4n) is 2.58. The summed E-state index contributed by atoms with van der Waals surface area (Å²) >= 11 is 0. The molecule has 0 spiro atoms. The van der Waals surface area contributed by atoms with Crippen LogP contribution in [0.15, 0.2) is 48.7 Å². The number of nitrogens with zero attached hydrogens (tertiary/aromatic N) is 2. The van der Waals surface area contributed by atoms with Gasteiger partial charge in [0.1, 0.15) is 5.82 Å². The van der Waals surface area contributed by atoms with E-state index >= 15 is 0 Å². The van der Waals surface area contributed by atoms with E-state index in [0.717, 1.165) is 37.1 Å². The normalized spacial score (nSPS) is 13.9. The van der Waals surface area contributed by atoms with Crippen LogP contribution in [0.25, 0.3) is 0 Å². The zero-order valence-electron chi connectivity index (χ0n) is 13.6. The second-order valence-electron chi connectivity index (χ2n) is 6.25. The number of rotatable bonds is 8. The van der Waals surface area contributed by atoms with E-state index < -0.39 is 0 Å². The Morgan fingerprint density at radius 3 is 2.67 bits per heavy atom. The largest absolute Gasteiger partial charge is 0.352 e. The first kappa shape index (κ1) is 16.6. The minimum absolute atomic E-state index is 0.0561. The average Bonchev–Trinajstić information content (AvgIpc) is 3.39. The number of halogens is 1. The quantitative estimate of drug-likeness (QED) is 0.810. The summed E-state index contributed by atoms with van der Waals surface area (Å²) in [5.41, 5.74) is 2.00. The van der Waals surface area contributed by atoms with Gasteiger partial charge in [-0.05, 0) is 42.7 Å². The lowest BCUT2D eigenvalue weighted by atomic mass is 10.2. The van der Waals surface area contributed by atoms with Crippen LogP contribution in [0.1, 0.15) is 24.1 Å². The molecule has 1 amide bonds.